The lowest BCUT2D eigenvalue weighted by Gasteiger charge is -2.22. The van der Waals surface area contributed by atoms with Crippen molar-refractivity contribution >= 4 is 5.96 Å². The smallest absolute Gasteiger partial charge is 0.251 e. The molecule has 2 N–H and O–H groups in total. The van der Waals surface area contributed by atoms with Gasteiger partial charge in [-0.05, 0) is 6.92 Å². The zero-order chi connectivity index (χ0) is 9.14. The Morgan fingerprint density at radius 2 is 2.50 bits per heavy atom. The van der Waals surface area contributed by atoms with E-state index in [2.05, 4.69) is 10.6 Å². The Balaban J connectivity index is 2.58. The summed E-state index contributed by atoms with van der Waals surface area (Å²) in [6.45, 7) is 2.46. The van der Waals surface area contributed by atoms with Crippen molar-refractivity contribution in [2.75, 3.05) is 13.6 Å². The normalized spacial score (nSPS) is 17.2. The van der Waals surface area contributed by atoms with E-state index in [1.165, 1.54) is 0 Å². The summed E-state index contributed by atoms with van der Waals surface area (Å²) in [5.74, 6) is 0.185. The molecule has 1 heterocycles. The van der Waals surface area contributed by atoms with E-state index in [4.69, 9.17) is 0 Å². The maximum absolute atomic E-state index is 10.1. The molecule has 0 aromatic carbocycles. The van der Waals surface area contributed by atoms with Crippen molar-refractivity contribution in [2.24, 2.45) is 5.10 Å². The first-order valence-electron chi connectivity index (χ1n) is 3.40. The fourth-order valence-corrected chi connectivity index (χ4v) is 0.900. The van der Waals surface area contributed by atoms with Crippen molar-refractivity contribution in [2.45, 2.75) is 6.92 Å². The SMILES string of the molecule is CCN1C(N[N+](=O)[O-])=NNN1C. The summed E-state index contributed by atoms with van der Waals surface area (Å²) in [7, 11) is 1.71. The molecule has 0 aliphatic carbocycles. The minimum absolute atomic E-state index is 0.185. The number of nitrogens with zero attached hydrogens (tertiary/aromatic N) is 4. The van der Waals surface area contributed by atoms with Gasteiger partial charge >= 0.3 is 0 Å². The summed E-state index contributed by atoms with van der Waals surface area (Å²) in [4.78, 5) is 10.1. The number of nitro groups is 1. The Hall–Kier alpha value is -1.57. The maximum Gasteiger partial charge on any atom is 0.295 e. The first-order valence-corrected chi connectivity index (χ1v) is 3.40. The van der Waals surface area contributed by atoms with Crippen LogP contribution in [-0.2, 0) is 0 Å². The van der Waals surface area contributed by atoms with Crippen LogP contribution in [0.2, 0.25) is 0 Å². The van der Waals surface area contributed by atoms with Crippen LogP contribution in [0.5, 0.6) is 0 Å². The summed E-state index contributed by atoms with van der Waals surface area (Å²) in [5, 5.41) is 16.2. The van der Waals surface area contributed by atoms with Gasteiger partial charge in [-0.3, -0.25) is 5.01 Å². The zero-order valence-corrected chi connectivity index (χ0v) is 6.81. The highest BCUT2D eigenvalue weighted by Gasteiger charge is 2.23. The van der Waals surface area contributed by atoms with E-state index in [0.717, 1.165) is 0 Å². The number of hydrazine groups is 3. The van der Waals surface area contributed by atoms with Gasteiger partial charge < -0.3 is 0 Å². The highest BCUT2D eigenvalue weighted by Crippen LogP contribution is 1.98. The Kier molecular flexibility index (Phi) is 2.29. The van der Waals surface area contributed by atoms with Crippen LogP contribution in [0.3, 0.4) is 0 Å². The second kappa shape index (κ2) is 3.22. The second-order valence-corrected chi connectivity index (χ2v) is 2.14. The molecular weight excluding hydrogens is 164 g/mol. The molecule has 0 saturated carbocycles. The molecule has 0 aromatic rings. The second-order valence-electron chi connectivity index (χ2n) is 2.14. The monoisotopic (exact) mass is 174 g/mol. The summed E-state index contributed by atoms with van der Waals surface area (Å²) in [6.07, 6.45) is 0. The number of nitrogens with one attached hydrogen (secondary N) is 2. The van der Waals surface area contributed by atoms with Crippen LogP contribution < -0.4 is 11.0 Å². The van der Waals surface area contributed by atoms with Gasteiger partial charge in [-0.1, -0.05) is 5.43 Å². The fourth-order valence-electron chi connectivity index (χ4n) is 0.900. The molecule has 0 radical (unpaired) electrons. The van der Waals surface area contributed by atoms with E-state index >= 15 is 0 Å². The van der Waals surface area contributed by atoms with Gasteiger partial charge in [0, 0.05) is 13.6 Å². The summed E-state index contributed by atoms with van der Waals surface area (Å²) >= 11 is 0. The van der Waals surface area contributed by atoms with Crippen LogP contribution in [0, 0.1) is 10.1 Å². The van der Waals surface area contributed by atoms with Gasteiger partial charge in [0.15, 0.2) is 5.03 Å². The van der Waals surface area contributed by atoms with Crippen molar-refractivity contribution in [3.8, 4) is 0 Å². The van der Waals surface area contributed by atoms with Gasteiger partial charge in [0.25, 0.3) is 5.96 Å². The van der Waals surface area contributed by atoms with Crippen LogP contribution in [-0.4, -0.2) is 34.7 Å². The number of hydrazone groups is 1. The van der Waals surface area contributed by atoms with Crippen LogP contribution in [0.25, 0.3) is 0 Å². The van der Waals surface area contributed by atoms with Crippen LogP contribution >= 0.6 is 0 Å². The Bertz CT molecular complexity index is 216. The molecular formula is C4H10N6O2. The molecule has 12 heavy (non-hydrogen) atoms. The molecule has 0 atom stereocenters. The van der Waals surface area contributed by atoms with Gasteiger partial charge in [0.2, 0.25) is 0 Å². The van der Waals surface area contributed by atoms with E-state index in [9.17, 15) is 10.1 Å². The highest BCUT2D eigenvalue weighted by molar-refractivity contribution is 5.78. The van der Waals surface area contributed by atoms with Crippen molar-refractivity contribution in [3.63, 3.8) is 0 Å². The average molecular weight is 174 g/mol. The third-order valence-corrected chi connectivity index (χ3v) is 1.40. The molecule has 8 nitrogen and oxygen atoms in total. The number of rotatable bonds is 2. The Morgan fingerprint density at radius 3 is 3.00 bits per heavy atom. The minimum Gasteiger partial charge on any atom is -0.251 e. The van der Waals surface area contributed by atoms with Crippen LogP contribution in [0.15, 0.2) is 5.10 Å². The van der Waals surface area contributed by atoms with Crippen LogP contribution in [0.4, 0.5) is 0 Å². The average Bonchev–Trinajstić information content (AvgIpc) is 2.30. The predicted octanol–water partition coefficient (Wildman–Crippen LogP) is -1.27. The van der Waals surface area contributed by atoms with E-state index < -0.39 is 5.03 Å². The molecule has 0 saturated heterocycles. The highest BCUT2D eigenvalue weighted by atomic mass is 16.7. The van der Waals surface area contributed by atoms with Gasteiger partial charge in [-0.25, -0.2) is 15.6 Å². The van der Waals surface area contributed by atoms with E-state index in [0.29, 0.717) is 6.54 Å². The number of hydrogen-bond acceptors (Lipinski definition) is 6. The van der Waals surface area contributed by atoms with Crippen molar-refractivity contribution < 1.29 is 5.03 Å². The van der Waals surface area contributed by atoms with E-state index in [1.807, 2.05) is 12.3 Å². The van der Waals surface area contributed by atoms with Gasteiger partial charge in [-0.15, -0.1) is 10.2 Å². The number of hydrogen-bond donors (Lipinski definition) is 2. The fraction of sp³-hybridized carbons (Fsp3) is 0.750. The molecule has 1 rings (SSSR count). The van der Waals surface area contributed by atoms with Crippen molar-refractivity contribution in [1.29, 1.82) is 0 Å². The standard InChI is InChI=1S/C4H10N6O2/c1-3-9-4(6-10(11)12)5-7-8(9)2/h7H,3H2,1-2H3,(H,5,6). The Labute approximate surface area is 68.9 Å². The lowest BCUT2D eigenvalue weighted by atomic mass is 10.7. The Morgan fingerprint density at radius 1 is 1.83 bits per heavy atom. The zero-order valence-electron chi connectivity index (χ0n) is 6.81. The molecule has 0 aromatic heterocycles. The first-order chi connectivity index (χ1) is 5.65. The lowest BCUT2D eigenvalue weighted by Crippen LogP contribution is -2.48. The third kappa shape index (κ3) is 1.53. The molecule has 0 spiro atoms. The van der Waals surface area contributed by atoms with Crippen molar-refractivity contribution in [3.05, 3.63) is 10.1 Å². The molecule has 0 amide bonds. The van der Waals surface area contributed by atoms with E-state index in [1.54, 1.807) is 17.2 Å². The molecule has 0 fully saturated rings. The first kappa shape index (κ1) is 8.53. The van der Waals surface area contributed by atoms with Gasteiger partial charge in [-0.2, -0.15) is 0 Å². The summed E-state index contributed by atoms with van der Waals surface area (Å²) < 4.78 is 0. The molecule has 0 unspecified atom stereocenters. The van der Waals surface area contributed by atoms with E-state index in [-0.39, 0.29) is 5.96 Å². The summed E-state index contributed by atoms with van der Waals surface area (Å²) in [6, 6.07) is 0. The van der Waals surface area contributed by atoms with Crippen molar-refractivity contribution in [1.82, 2.24) is 21.1 Å². The summed E-state index contributed by atoms with van der Waals surface area (Å²) in [5.41, 5.74) is 4.52. The maximum atomic E-state index is 10.1. The minimum atomic E-state index is -0.650. The molecule has 8 heteroatoms. The molecule has 68 valence electrons. The predicted molar refractivity (Wildman–Crippen MR) is 40.8 cm³/mol. The van der Waals surface area contributed by atoms with Crippen LogP contribution in [0.1, 0.15) is 6.92 Å². The lowest BCUT2D eigenvalue weighted by molar-refractivity contribution is -0.526. The molecule has 1 aliphatic heterocycles. The topological polar surface area (TPSA) is 86.0 Å². The van der Waals surface area contributed by atoms with Gasteiger partial charge in [0.1, 0.15) is 0 Å². The van der Waals surface area contributed by atoms with Gasteiger partial charge in [0.05, 0.1) is 0 Å². The largest absolute Gasteiger partial charge is 0.295 e. The third-order valence-electron chi connectivity index (χ3n) is 1.40. The molecule has 1 aliphatic rings. The number of guanidine groups is 1. The quantitative estimate of drug-likeness (QED) is 0.401. The molecule has 0 bridgehead atoms.